The molecule has 1 unspecified atom stereocenters. The van der Waals surface area contributed by atoms with E-state index in [2.05, 4.69) is 47.2 Å². The molecule has 1 aliphatic heterocycles. The summed E-state index contributed by atoms with van der Waals surface area (Å²) in [6.07, 6.45) is 6.03. The molecule has 0 saturated carbocycles. The van der Waals surface area contributed by atoms with Crippen LogP contribution in [0.4, 0.5) is 5.69 Å². The van der Waals surface area contributed by atoms with E-state index in [-0.39, 0.29) is 0 Å². The van der Waals surface area contributed by atoms with Crippen molar-refractivity contribution in [3.8, 4) is 0 Å². The molecule has 1 heterocycles. The molecule has 0 spiro atoms. The fourth-order valence-electron chi connectivity index (χ4n) is 3.07. The zero-order valence-corrected chi connectivity index (χ0v) is 13.8. The molecule has 1 saturated heterocycles. The van der Waals surface area contributed by atoms with Crippen molar-refractivity contribution in [3.05, 3.63) is 30.3 Å². The predicted octanol–water partition coefficient (Wildman–Crippen LogP) is 3.04. The second-order valence-electron chi connectivity index (χ2n) is 5.96. The topological polar surface area (TPSA) is 32.5 Å². The first-order valence-corrected chi connectivity index (χ1v) is 8.36. The maximum absolute atomic E-state index is 5.68. The molecule has 1 atom stereocenters. The van der Waals surface area contributed by atoms with Crippen LogP contribution in [0.1, 0.15) is 32.1 Å². The fourth-order valence-corrected chi connectivity index (χ4v) is 3.16. The summed E-state index contributed by atoms with van der Waals surface area (Å²) in [6, 6.07) is 11.3. The Morgan fingerprint density at radius 1 is 1.29 bits per heavy atom. The summed E-state index contributed by atoms with van der Waals surface area (Å²) in [6.45, 7) is 3.22. The fraction of sp³-hybridized carbons (Fsp3) is 0.588. The van der Waals surface area contributed by atoms with E-state index in [1.165, 1.54) is 37.9 Å². The van der Waals surface area contributed by atoms with Crippen LogP contribution < -0.4 is 10.6 Å². The highest BCUT2D eigenvalue weighted by atomic mass is 32.1. The van der Waals surface area contributed by atoms with Crippen LogP contribution in [0.25, 0.3) is 0 Å². The van der Waals surface area contributed by atoms with Crippen LogP contribution in [-0.2, 0) is 0 Å². The monoisotopic (exact) mass is 305 g/mol. The summed E-state index contributed by atoms with van der Waals surface area (Å²) in [5.74, 6) is 0. The van der Waals surface area contributed by atoms with Gasteiger partial charge in [0.1, 0.15) is 0 Å². The number of benzene rings is 1. The van der Waals surface area contributed by atoms with Crippen LogP contribution in [0.5, 0.6) is 0 Å². The molecule has 0 aromatic heterocycles. The smallest absolute Gasteiger partial charge is 0.0745 e. The van der Waals surface area contributed by atoms with E-state index in [4.69, 9.17) is 18.0 Å². The van der Waals surface area contributed by atoms with Gasteiger partial charge in [-0.05, 0) is 45.0 Å². The first-order chi connectivity index (χ1) is 10.2. The second-order valence-corrected chi connectivity index (χ2v) is 6.48. The molecule has 0 radical (unpaired) electrons. The Labute approximate surface area is 134 Å². The summed E-state index contributed by atoms with van der Waals surface area (Å²) in [5.41, 5.74) is 6.95. The third-order valence-electron chi connectivity index (χ3n) is 4.40. The molecule has 0 aliphatic carbocycles. The van der Waals surface area contributed by atoms with E-state index in [1.54, 1.807) is 0 Å². The van der Waals surface area contributed by atoms with E-state index in [0.717, 1.165) is 25.6 Å². The zero-order chi connectivity index (χ0) is 15.1. The summed E-state index contributed by atoms with van der Waals surface area (Å²) in [4.78, 5) is 5.53. The third-order valence-corrected chi connectivity index (χ3v) is 4.61. The Morgan fingerprint density at radius 3 is 2.71 bits per heavy atom. The number of likely N-dealkylation sites (tertiary alicyclic amines) is 1. The Morgan fingerprint density at radius 2 is 2.05 bits per heavy atom. The minimum absolute atomic E-state index is 0.603. The van der Waals surface area contributed by atoms with Gasteiger partial charge in [0, 0.05) is 31.2 Å². The quantitative estimate of drug-likeness (QED) is 0.785. The molecule has 2 N–H and O–H groups in total. The third kappa shape index (κ3) is 5.29. The molecule has 116 valence electrons. The van der Waals surface area contributed by atoms with Gasteiger partial charge in [-0.2, -0.15) is 0 Å². The Hall–Kier alpha value is -1.13. The Balaban J connectivity index is 1.93. The number of anilines is 1. The maximum atomic E-state index is 5.68. The zero-order valence-electron chi connectivity index (χ0n) is 13.0. The number of rotatable bonds is 7. The molecular formula is C17H27N3S. The first-order valence-electron chi connectivity index (χ1n) is 7.95. The van der Waals surface area contributed by atoms with Crippen molar-refractivity contribution in [2.75, 3.05) is 31.6 Å². The van der Waals surface area contributed by atoms with Crippen LogP contribution in [0.2, 0.25) is 0 Å². The van der Waals surface area contributed by atoms with Gasteiger partial charge < -0.3 is 15.5 Å². The van der Waals surface area contributed by atoms with E-state index in [9.17, 15) is 0 Å². The van der Waals surface area contributed by atoms with Gasteiger partial charge in [-0.1, -0.05) is 36.8 Å². The van der Waals surface area contributed by atoms with Gasteiger partial charge >= 0.3 is 0 Å². The summed E-state index contributed by atoms with van der Waals surface area (Å²) < 4.78 is 0. The minimum Gasteiger partial charge on any atom is -0.393 e. The lowest BCUT2D eigenvalue weighted by atomic mass is 10.00. The van der Waals surface area contributed by atoms with Crippen LogP contribution in [0.3, 0.4) is 0 Å². The lowest BCUT2D eigenvalue weighted by Gasteiger charge is -2.34. The van der Waals surface area contributed by atoms with Crippen LogP contribution >= 0.6 is 12.2 Å². The van der Waals surface area contributed by atoms with Crippen LogP contribution in [0.15, 0.2) is 30.3 Å². The molecule has 1 aromatic carbocycles. The lowest BCUT2D eigenvalue weighted by Crippen LogP contribution is -2.39. The SMILES string of the molecule is CN1CCCCC1CCN(CCC(N)=S)c1ccccc1. The number of nitrogens with zero attached hydrogens (tertiary/aromatic N) is 2. The number of para-hydroxylation sites is 1. The molecule has 0 bridgehead atoms. The molecule has 3 nitrogen and oxygen atoms in total. The molecule has 0 amide bonds. The molecule has 1 aliphatic rings. The largest absolute Gasteiger partial charge is 0.393 e. The van der Waals surface area contributed by atoms with E-state index >= 15 is 0 Å². The molecule has 2 rings (SSSR count). The number of hydrogen-bond acceptors (Lipinski definition) is 3. The summed E-state index contributed by atoms with van der Waals surface area (Å²) in [5, 5.41) is 0. The highest BCUT2D eigenvalue weighted by Gasteiger charge is 2.19. The average molecular weight is 305 g/mol. The minimum atomic E-state index is 0.603. The van der Waals surface area contributed by atoms with Gasteiger partial charge in [0.25, 0.3) is 0 Å². The van der Waals surface area contributed by atoms with Crippen molar-refractivity contribution < 1.29 is 0 Å². The van der Waals surface area contributed by atoms with Crippen molar-refractivity contribution in [1.29, 1.82) is 0 Å². The average Bonchev–Trinajstić information content (AvgIpc) is 2.49. The summed E-state index contributed by atoms with van der Waals surface area (Å²) >= 11 is 5.03. The van der Waals surface area contributed by atoms with Gasteiger partial charge in [-0.3, -0.25) is 0 Å². The van der Waals surface area contributed by atoms with Crippen molar-refractivity contribution in [1.82, 2.24) is 4.90 Å². The van der Waals surface area contributed by atoms with Crippen molar-refractivity contribution in [2.45, 2.75) is 38.1 Å². The molecule has 4 heteroatoms. The summed E-state index contributed by atoms with van der Waals surface area (Å²) in [7, 11) is 2.26. The van der Waals surface area contributed by atoms with Gasteiger partial charge in [0.15, 0.2) is 0 Å². The molecular weight excluding hydrogens is 278 g/mol. The predicted molar refractivity (Wildman–Crippen MR) is 94.9 cm³/mol. The normalized spacial score (nSPS) is 19.4. The molecule has 1 aromatic rings. The second kappa shape index (κ2) is 8.35. The molecule has 21 heavy (non-hydrogen) atoms. The Bertz CT molecular complexity index is 435. The maximum Gasteiger partial charge on any atom is 0.0745 e. The van der Waals surface area contributed by atoms with E-state index in [1.807, 2.05) is 0 Å². The van der Waals surface area contributed by atoms with Crippen molar-refractivity contribution in [3.63, 3.8) is 0 Å². The highest BCUT2D eigenvalue weighted by Crippen LogP contribution is 2.20. The number of piperidine rings is 1. The van der Waals surface area contributed by atoms with Crippen molar-refractivity contribution >= 4 is 22.9 Å². The Kier molecular flexibility index (Phi) is 6.46. The number of hydrogen-bond donors (Lipinski definition) is 1. The van der Waals surface area contributed by atoms with Gasteiger partial charge in [-0.15, -0.1) is 0 Å². The van der Waals surface area contributed by atoms with E-state index < -0.39 is 0 Å². The van der Waals surface area contributed by atoms with Crippen LogP contribution in [-0.4, -0.2) is 42.6 Å². The number of nitrogens with two attached hydrogens (primary N) is 1. The van der Waals surface area contributed by atoms with Gasteiger partial charge in [-0.25, -0.2) is 0 Å². The first kappa shape index (κ1) is 16.2. The molecule has 1 fully saturated rings. The standard InChI is InChI=1S/C17H27N3S/c1-19-12-6-5-7-15(19)10-13-20(14-11-17(18)21)16-8-3-2-4-9-16/h2-4,8-9,15H,5-7,10-14H2,1H3,(H2,18,21). The van der Waals surface area contributed by atoms with Crippen molar-refractivity contribution in [2.24, 2.45) is 5.73 Å². The number of thiocarbonyl (C=S) groups is 1. The lowest BCUT2D eigenvalue weighted by molar-refractivity contribution is 0.177. The highest BCUT2D eigenvalue weighted by molar-refractivity contribution is 7.80. The van der Waals surface area contributed by atoms with Gasteiger partial charge in [0.05, 0.1) is 4.99 Å². The van der Waals surface area contributed by atoms with E-state index in [0.29, 0.717) is 4.99 Å². The van der Waals surface area contributed by atoms with Crippen LogP contribution in [0, 0.1) is 0 Å². The van der Waals surface area contributed by atoms with Gasteiger partial charge in [0.2, 0.25) is 0 Å².